The molecular formula is C12H22NOU-. The summed E-state index contributed by atoms with van der Waals surface area (Å²) in [5, 5.41) is 9.35. The first-order chi connectivity index (χ1) is 6.46. The Morgan fingerprint density at radius 3 is 2.67 bits per heavy atom. The molecule has 0 aromatic rings. The van der Waals surface area contributed by atoms with E-state index in [1.807, 2.05) is 13.8 Å². The van der Waals surface area contributed by atoms with E-state index in [4.69, 9.17) is 0 Å². The topological polar surface area (TPSA) is 23.5 Å². The summed E-state index contributed by atoms with van der Waals surface area (Å²) >= 11 is 0. The molecule has 0 unspecified atom stereocenters. The molecule has 0 aromatic heterocycles. The molecule has 1 fully saturated rings. The smallest absolute Gasteiger partial charge is 0.0719 e. The van der Waals surface area contributed by atoms with E-state index in [1.54, 1.807) is 0 Å². The van der Waals surface area contributed by atoms with Crippen LogP contribution in [0.4, 0.5) is 0 Å². The summed E-state index contributed by atoms with van der Waals surface area (Å²) in [7, 11) is 2.14. The third kappa shape index (κ3) is 4.23. The normalized spacial score (nSPS) is 30.1. The molecule has 1 saturated heterocycles. The molecule has 0 aromatic carbocycles. The Hall–Kier alpha value is 0.712. The van der Waals surface area contributed by atoms with E-state index >= 15 is 0 Å². The molecule has 2 atom stereocenters. The third-order valence-corrected chi connectivity index (χ3v) is 3.46. The number of aliphatic hydroxyl groups is 1. The van der Waals surface area contributed by atoms with Gasteiger partial charge in [-0.3, -0.25) is 6.54 Å². The Morgan fingerprint density at radius 1 is 1.67 bits per heavy atom. The average molecular weight is 434 g/mol. The molecule has 3 heteroatoms. The van der Waals surface area contributed by atoms with Crippen LogP contribution in [0, 0.1) is 37.7 Å². The number of rotatable bonds is 3. The van der Waals surface area contributed by atoms with Gasteiger partial charge in [0.1, 0.15) is 0 Å². The fourth-order valence-electron chi connectivity index (χ4n) is 1.76. The largest absolute Gasteiger partial charge is 0.454 e. The van der Waals surface area contributed by atoms with Crippen LogP contribution in [-0.2, 0) is 0 Å². The van der Waals surface area contributed by atoms with Crippen LogP contribution >= 0.6 is 0 Å². The van der Waals surface area contributed by atoms with Crippen molar-refractivity contribution in [1.82, 2.24) is 4.90 Å². The molecule has 1 rings (SSSR count). The molecule has 86 valence electrons. The van der Waals surface area contributed by atoms with Gasteiger partial charge in [-0.25, -0.2) is 0 Å². The van der Waals surface area contributed by atoms with E-state index in [0.29, 0.717) is 0 Å². The summed E-state index contributed by atoms with van der Waals surface area (Å²) in [6.07, 6.45) is 5.27. The van der Waals surface area contributed by atoms with Crippen LogP contribution in [0.15, 0.2) is 11.6 Å². The van der Waals surface area contributed by atoms with E-state index in [0.717, 1.165) is 12.0 Å². The van der Waals surface area contributed by atoms with Crippen molar-refractivity contribution in [2.45, 2.75) is 51.7 Å². The monoisotopic (exact) mass is 434 g/mol. The molecule has 0 amide bonds. The van der Waals surface area contributed by atoms with Crippen molar-refractivity contribution in [3.63, 3.8) is 0 Å². The maximum Gasteiger partial charge on any atom is 0.0719 e. The van der Waals surface area contributed by atoms with Crippen LogP contribution in [0.25, 0.3) is 0 Å². The minimum absolute atomic E-state index is 0. The minimum atomic E-state index is -0.311. The number of nitrogens with zero attached hydrogens (tertiary/aromatic N) is 1. The van der Waals surface area contributed by atoms with Gasteiger partial charge in [-0.1, -0.05) is 12.5 Å². The molecule has 1 heterocycles. The van der Waals surface area contributed by atoms with E-state index in [2.05, 4.69) is 31.5 Å². The molecule has 0 spiro atoms. The quantitative estimate of drug-likeness (QED) is 0.545. The maximum absolute atomic E-state index is 9.35. The zero-order chi connectivity index (χ0) is 10.8. The van der Waals surface area contributed by atoms with Crippen LogP contribution < -0.4 is 0 Å². The van der Waals surface area contributed by atoms with E-state index in [9.17, 15) is 5.11 Å². The molecule has 0 radical (unpaired) electrons. The summed E-state index contributed by atoms with van der Waals surface area (Å²) in [4.78, 5) is 2.30. The summed E-state index contributed by atoms with van der Waals surface area (Å²) in [5.74, 6) is 0. The first kappa shape index (κ1) is 15.7. The van der Waals surface area contributed by atoms with Crippen molar-refractivity contribution < 1.29 is 36.2 Å². The van der Waals surface area contributed by atoms with Crippen molar-refractivity contribution in [2.75, 3.05) is 7.05 Å². The Balaban J connectivity index is 0.00000196. The first-order valence-corrected chi connectivity index (χ1v) is 5.37. The Bertz CT molecular complexity index is 228. The van der Waals surface area contributed by atoms with Gasteiger partial charge in [0.2, 0.25) is 0 Å². The molecule has 2 nitrogen and oxygen atoms in total. The van der Waals surface area contributed by atoms with Gasteiger partial charge in [0.25, 0.3) is 0 Å². The predicted octanol–water partition coefficient (Wildman–Crippen LogP) is 2.35. The molecule has 1 aliphatic heterocycles. The standard InChI is InChI=1S/C12H22NO.U/c1-10(11(2)14)6-8-12(3)7-5-9-13(12)4;/h6,9,11,14H,5,7-8H2,1-4H3;/q-1;/b10-6+;/t11-,12+;/m0./s1. The van der Waals surface area contributed by atoms with Crippen molar-refractivity contribution >= 4 is 0 Å². The van der Waals surface area contributed by atoms with E-state index in [-0.39, 0.29) is 42.8 Å². The van der Waals surface area contributed by atoms with E-state index in [1.165, 1.54) is 12.8 Å². The molecule has 0 saturated carbocycles. The Kier molecular flexibility index (Phi) is 6.75. The van der Waals surface area contributed by atoms with Crippen LogP contribution in [0.3, 0.4) is 0 Å². The number of likely N-dealkylation sites (tertiary alicyclic amines) is 1. The minimum Gasteiger partial charge on any atom is -0.454 e. The third-order valence-electron chi connectivity index (χ3n) is 3.46. The van der Waals surface area contributed by atoms with Gasteiger partial charge in [-0.2, -0.15) is 6.42 Å². The molecule has 1 N–H and O–H groups in total. The van der Waals surface area contributed by atoms with Crippen LogP contribution in [0.2, 0.25) is 0 Å². The van der Waals surface area contributed by atoms with Crippen LogP contribution in [-0.4, -0.2) is 28.7 Å². The second kappa shape index (κ2) is 6.45. The van der Waals surface area contributed by atoms with Crippen LogP contribution in [0.5, 0.6) is 0 Å². The molecule has 0 aliphatic carbocycles. The average Bonchev–Trinajstić information content (AvgIpc) is 2.44. The zero-order valence-corrected chi connectivity index (χ0v) is 14.4. The number of aliphatic hydroxyl groups excluding tert-OH is 1. The van der Waals surface area contributed by atoms with Crippen molar-refractivity contribution in [1.29, 1.82) is 0 Å². The van der Waals surface area contributed by atoms with Crippen molar-refractivity contribution in [3.8, 4) is 0 Å². The van der Waals surface area contributed by atoms with Gasteiger partial charge in [0.05, 0.1) is 6.10 Å². The summed E-state index contributed by atoms with van der Waals surface area (Å²) in [6, 6.07) is 0. The van der Waals surface area contributed by atoms with Gasteiger partial charge >= 0.3 is 0 Å². The van der Waals surface area contributed by atoms with Gasteiger partial charge in [0.15, 0.2) is 0 Å². The van der Waals surface area contributed by atoms with Gasteiger partial charge in [0, 0.05) is 31.1 Å². The summed E-state index contributed by atoms with van der Waals surface area (Å²) in [5.41, 5.74) is 1.34. The molecule has 15 heavy (non-hydrogen) atoms. The SMILES string of the molecule is C/C(=C\C[C@@]1(C)CC[CH-]N1C)[C@H](C)O.[U]. The molecular weight excluding hydrogens is 412 g/mol. The van der Waals surface area contributed by atoms with Crippen molar-refractivity contribution in [2.24, 2.45) is 0 Å². The van der Waals surface area contributed by atoms with Crippen molar-refractivity contribution in [3.05, 3.63) is 18.2 Å². The zero-order valence-electron chi connectivity index (χ0n) is 10.2. The van der Waals surface area contributed by atoms with Gasteiger partial charge < -0.3 is 10.0 Å². The second-order valence-corrected chi connectivity index (χ2v) is 4.66. The fraction of sp³-hybridized carbons (Fsp3) is 0.750. The summed E-state index contributed by atoms with van der Waals surface area (Å²) in [6.45, 7) is 8.35. The number of hydrogen-bond acceptors (Lipinski definition) is 2. The molecule has 1 aliphatic rings. The maximum atomic E-state index is 9.35. The number of hydrogen-bond donors (Lipinski definition) is 1. The first-order valence-electron chi connectivity index (χ1n) is 5.37. The fourth-order valence-corrected chi connectivity index (χ4v) is 1.76. The van der Waals surface area contributed by atoms with Crippen LogP contribution in [0.1, 0.15) is 40.0 Å². The Morgan fingerprint density at radius 2 is 2.27 bits per heavy atom. The summed E-state index contributed by atoms with van der Waals surface area (Å²) < 4.78 is 0. The van der Waals surface area contributed by atoms with E-state index < -0.39 is 0 Å². The second-order valence-electron chi connectivity index (χ2n) is 4.66. The van der Waals surface area contributed by atoms with Gasteiger partial charge in [-0.15, -0.1) is 0 Å². The molecule has 0 bridgehead atoms. The van der Waals surface area contributed by atoms with Gasteiger partial charge in [-0.05, 0) is 45.4 Å². The Labute approximate surface area is 117 Å². The predicted molar refractivity (Wildman–Crippen MR) is 59.8 cm³/mol.